The van der Waals surface area contributed by atoms with Gasteiger partial charge in [-0.15, -0.1) is 0 Å². The van der Waals surface area contributed by atoms with Crippen molar-refractivity contribution in [2.24, 2.45) is 0 Å². The molecule has 0 fully saturated rings. The van der Waals surface area contributed by atoms with Crippen molar-refractivity contribution in [3.8, 4) is 17.6 Å². The van der Waals surface area contributed by atoms with Crippen molar-refractivity contribution in [1.29, 1.82) is 5.26 Å². The van der Waals surface area contributed by atoms with Gasteiger partial charge in [0.2, 0.25) is 0 Å². The van der Waals surface area contributed by atoms with Crippen LogP contribution >= 0.6 is 11.6 Å². The molecule has 0 spiro atoms. The van der Waals surface area contributed by atoms with Gasteiger partial charge in [0, 0.05) is 22.7 Å². The fourth-order valence-corrected chi connectivity index (χ4v) is 2.93. The number of halogens is 1. The Kier molecular flexibility index (Phi) is 6.68. The minimum Gasteiger partial charge on any atom is -0.497 e. The fraction of sp³-hybridized carbons (Fsp3) is 0.0870. The summed E-state index contributed by atoms with van der Waals surface area (Å²) in [5.74, 6) is 1.24. The van der Waals surface area contributed by atoms with E-state index in [0.29, 0.717) is 27.7 Å². The van der Waals surface area contributed by atoms with Crippen LogP contribution in [0.2, 0.25) is 5.02 Å². The van der Waals surface area contributed by atoms with Crippen molar-refractivity contribution in [2.75, 3.05) is 7.11 Å². The minimum absolute atomic E-state index is 0.0204. The Morgan fingerprint density at radius 1 is 1.13 bits per heavy atom. The molecule has 150 valence electrons. The quantitative estimate of drug-likeness (QED) is 0.205. The standard InChI is InChI=1S/C23H17ClN2O4/c1-29-22-9-4-17(5-10-22)19(14-25)12-18-13-20(24)6-11-23(18)30-15-16-2-7-21(8-3-16)26(27)28/h2-13H,15H2,1H3/b19-12+. The maximum absolute atomic E-state index is 10.8. The third-order valence-corrected chi connectivity index (χ3v) is 4.57. The maximum Gasteiger partial charge on any atom is 0.269 e. The van der Waals surface area contributed by atoms with Gasteiger partial charge in [0.1, 0.15) is 18.1 Å². The van der Waals surface area contributed by atoms with E-state index >= 15 is 0 Å². The number of hydrogen-bond acceptors (Lipinski definition) is 5. The van der Waals surface area contributed by atoms with Crippen LogP contribution in [0.5, 0.6) is 11.5 Å². The van der Waals surface area contributed by atoms with E-state index in [9.17, 15) is 15.4 Å². The van der Waals surface area contributed by atoms with Crippen LogP contribution in [-0.4, -0.2) is 12.0 Å². The highest BCUT2D eigenvalue weighted by atomic mass is 35.5. The van der Waals surface area contributed by atoms with Crippen LogP contribution in [0.15, 0.2) is 66.7 Å². The largest absolute Gasteiger partial charge is 0.497 e. The number of benzene rings is 3. The lowest BCUT2D eigenvalue weighted by Crippen LogP contribution is -1.98. The molecule has 0 aliphatic heterocycles. The summed E-state index contributed by atoms with van der Waals surface area (Å²) in [6.45, 7) is 0.213. The van der Waals surface area contributed by atoms with Crippen molar-refractivity contribution in [3.05, 3.63) is 98.6 Å². The van der Waals surface area contributed by atoms with Gasteiger partial charge in [0.25, 0.3) is 5.69 Å². The molecule has 3 rings (SSSR count). The summed E-state index contributed by atoms with van der Waals surface area (Å²) < 4.78 is 11.0. The summed E-state index contributed by atoms with van der Waals surface area (Å²) in [5, 5.41) is 20.9. The van der Waals surface area contributed by atoms with E-state index in [4.69, 9.17) is 21.1 Å². The molecule has 30 heavy (non-hydrogen) atoms. The number of ether oxygens (including phenoxy) is 2. The Morgan fingerprint density at radius 2 is 1.83 bits per heavy atom. The molecule has 0 amide bonds. The molecule has 0 atom stereocenters. The highest BCUT2D eigenvalue weighted by molar-refractivity contribution is 6.30. The number of non-ortho nitro benzene ring substituents is 1. The third kappa shape index (κ3) is 5.16. The average molecular weight is 421 g/mol. The predicted molar refractivity (Wildman–Crippen MR) is 115 cm³/mol. The van der Waals surface area contributed by atoms with Gasteiger partial charge in [-0.3, -0.25) is 10.1 Å². The molecule has 0 aromatic heterocycles. The molecule has 6 nitrogen and oxygen atoms in total. The van der Waals surface area contributed by atoms with E-state index in [0.717, 1.165) is 11.1 Å². The molecule has 0 unspecified atom stereocenters. The van der Waals surface area contributed by atoms with Crippen LogP contribution in [0.25, 0.3) is 11.6 Å². The molecule has 0 aliphatic carbocycles. The Hall–Kier alpha value is -3.82. The van der Waals surface area contributed by atoms with Gasteiger partial charge in [-0.2, -0.15) is 5.26 Å². The van der Waals surface area contributed by atoms with Gasteiger partial charge in [0.05, 0.1) is 23.7 Å². The van der Waals surface area contributed by atoms with Crippen molar-refractivity contribution < 1.29 is 14.4 Å². The van der Waals surface area contributed by atoms with Gasteiger partial charge in [-0.05, 0) is 71.8 Å². The highest BCUT2D eigenvalue weighted by Crippen LogP contribution is 2.29. The molecule has 7 heteroatoms. The molecular formula is C23H17ClN2O4. The Morgan fingerprint density at radius 3 is 2.43 bits per heavy atom. The van der Waals surface area contributed by atoms with Crippen molar-refractivity contribution in [1.82, 2.24) is 0 Å². The summed E-state index contributed by atoms with van der Waals surface area (Å²) in [6, 6.07) is 20.6. The van der Waals surface area contributed by atoms with E-state index in [1.54, 1.807) is 67.8 Å². The zero-order valence-electron chi connectivity index (χ0n) is 16.0. The van der Waals surface area contributed by atoms with E-state index in [1.165, 1.54) is 12.1 Å². The lowest BCUT2D eigenvalue weighted by molar-refractivity contribution is -0.384. The van der Waals surface area contributed by atoms with E-state index in [-0.39, 0.29) is 12.3 Å². The second kappa shape index (κ2) is 9.59. The maximum atomic E-state index is 10.8. The minimum atomic E-state index is -0.449. The van der Waals surface area contributed by atoms with Crippen LogP contribution in [0, 0.1) is 21.4 Å². The first-order valence-electron chi connectivity index (χ1n) is 8.92. The number of methoxy groups -OCH3 is 1. The molecule has 0 saturated carbocycles. The third-order valence-electron chi connectivity index (χ3n) is 4.33. The van der Waals surface area contributed by atoms with Crippen LogP contribution in [0.3, 0.4) is 0 Å². The molecule has 0 bridgehead atoms. The summed E-state index contributed by atoms with van der Waals surface area (Å²) in [4.78, 5) is 10.3. The number of rotatable bonds is 7. The van der Waals surface area contributed by atoms with Gasteiger partial charge >= 0.3 is 0 Å². The van der Waals surface area contributed by atoms with Crippen molar-refractivity contribution >= 4 is 28.9 Å². The molecule has 3 aromatic carbocycles. The van der Waals surface area contributed by atoms with Gasteiger partial charge < -0.3 is 9.47 Å². The molecule has 0 saturated heterocycles. The zero-order valence-corrected chi connectivity index (χ0v) is 16.8. The van der Waals surface area contributed by atoms with Crippen LogP contribution in [0.1, 0.15) is 16.7 Å². The molecule has 0 heterocycles. The number of nitrogens with zero attached hydrogens (tertiary/aromatic N) is 2. The number of nitro groups is 1. The Balaban J connectivity index is 1.85. The van der Waals surface area contributed by atoms with Gasteiger partial charge in [0.15, 0.2) is 0 Å². The molecular weight excluding hydrogens is 404 g/mol. The topological polar surface area (TPSA) is 85.4 Å². The average Bonchev–Trinajstić information content (AvgIpc) is 2.77. The first-order valence-corrected chi connectivity index (χ1v) is 9.30. The van der Waals surface area contributed by atoms with Crippen molar-refractivity contribution in [3.63, 3.8) is 0 Å². The summed E-state index contributed by atoms with van der Waals surface area (Å²) in [5.41, 5.74) is 2.63. The normalized spacial score (nSPS) is 10.9. The first kappa shape index (κ1) is 20.9. The number of nitriles is 1. The van der Waals surface area contributed by atoms with Crippen LogP contribution < -0.4 is 9.47 Å². The summed E-state index contributed by atoms with van der Waals surface area (Å²) >= 11 is 6.15. The van der Waals surface area contributed by atoms with Gasteiger partial charge in [-0.25, -0.2) is 0 Å². The molecule has 0 N–H and O–H groups in total. The zero-order chi connectivity index (χ0) is 21.5. The Labute approximate surface area is 178 Å². The number of hydrogen-bond donors (Lipinski definition) is 0. The highest BCUT2D eigenvalue weighted by Gasteiger charge is 2.09. The SMILES string of the molecule is COc1ccc(/C(C#N)=C/c2cc(Cl)ccc2OCc2ccc([N+](=O)[O-])cc2)cc1. The summed E-state index contributed by atoms with van der Waals surface area (Å²) in [6.07, 6.45) is 1.71. The lowest BCUT2D eigenvalue weighted by Gasteiger charge is -2.11. The molecule has 3 aromatic rings. The monoisotopic (exact) mass is 420 g/mol. The van der Waals surface area contributed by atoms with Crippen molar-refractivity contribution in [2.45, 2.75) is 6.61 Å². The number of nitro benzene ring substituents is 1. The van der Waals surface area contributed by atoms with Gasteiger partial charge in [-0.1, -0.05) is 11.6 Å². The predicted octanol–water partition coefficient (Wildman–Crippen LogP) is 5.90. The lowest BCUT2D eigenvalue weighted by atomic mass is 10.0. The molecule has 0 aliphatic rings. The first-order chi connectivity index (χ1) is 14.5. The van der Waals surface area contributed by atoms with Crippen LogP contribution in [0.4, 0.5) is 5.69 Å². The molecule has 0 radical (unpaired) electrons. The van der Waals surface area contributed by atoms with E-state index < -0.39 is 4.92 Å². The summed E-state index contributed by atoms with van der Waals surface area (Å²) in [7, 11) is 1.58. The smallest absolute Gasteiger partial charge is 0.269 e. The van der Waals surface area contributed by atoms with Crippen LogP contribution in [-0.2, 0) is 6.61 Å². The van der Waals surface area contributed by atoms with E-state index in [2.05, 4.69) is 6.07 Å². The second-order valence-electron chi connectivity index (χ2n) is 6.29. The van der Waals surface area contributed by atoms with E-state index in [1.807, 2.05) is 0 Å². The fourth-order valence-electron chi connectivity index (χ4n) is 2.74. The Bertz CT molecular complexity index is 1120. The number of allylic oxidation sites excluding steroid dienone is 1. The second-order valence-corrected chi connectivity index (χ2v) is 6.73.